The van der Waals surface area contributed by atoms with Gasteiger partial charge in [-0.05, 0) is 13.3 Å². The van der Waals surface area contributed by atoms with Crippen LogP contribution in [0.4, 0.5) is 0 Å². The number of carbonyl (C=O) groups excluding carboxylic acids is 1. The summed E-state index contributed by atoms with van der Waals surface area (Å²) in [6.07, 6.45) is 2.40. The molecule has 15 heavy (non-hydrogen) atoms. The monoisotopic (exact) mass is 212 g/mol. The molecule has 4 heteroatoms. The van der Waals surface area contributed by atoms with Gasteiger partial charge >= 0.3 is 0 Å². The molecule has 0 aromatic carbocycles. The minimum Gasteiger partial charge on any atom is -0.387 e. The average Bonchev–Trinajstić information content (AvgIpc) is 2.20. The predicted molar refractivity (Wildman–Crippen MR) is 59.5 cm³/mol. The summed E-state index contributed by atoms with van der Waals surface area (Å²) in [6.45, 7) is 9.03. The molecule has 1 heterocycles. The van der Waals surface area contributed by atoms with E-state index in [1.54, 1.807) is 6.08 Å². The number of nitrogens with one attached hydrogen (secondary N) is 1. The highest BCUT2D eigenvalue weighted by Crippen LogP contribution is 2.25. The van der Waals surface area contributed by atoms with E-state index in [4.69, 9.17) is 0 Å². The van der Waals surface area contributed by atoms with Crippen molar-refractivity contribution in [3.05, 3.63) is 12.7 Å². The van der Waals surface area contributed by atoms with Crippen molar-refractivity contribution in [1.29, 1.82) is 0 Å². The van der Waals surface area contributed by atoms with Crippen LogP contribution in [0.15, 0.2) is 12.7 Å². The first-order valence-electron chi connectivity index (χ1n) is 5.37. The van der Waals surface area contributed by atoms with E-state index in [9.17, 15) is 9.90 Å². The molecule has 1 rings (SSSR count). The van der Waals surface area contributed by atoms with Crippen molar-refractivity contribution in [3.8, 4) is 0 Å². The number of nitrogens with zero attached hydrogens (tertiary/aromatic N) is 1. The summed E-state index contributed by atoms with van der Waals surface area (Å²) in [5.41, 5.74) is -0.576. The van der Waals surface area contributed by atoms with Gasteiger partial charge in [-0.15, -0.1) is 6.58 Å². The summed E-state index contributed by atoms with van der Waals surface area (Å²) in [4.78, 5) is 13.5. The molecule has 0 aromatic heterocycles. The zero-order valence-electron chi connectivity index (χ0n) is 9.49. The standard InChI is InChI=1S/C11H20N2O2/c1-4-6-12-10(14)9(3)13-7-11(15,5-2)8-13/h4,9,15H,1,5-8H2,2-3H3,(H,12,14). The molecule has 1 amide bonds. The third-order valence-corrected chi connectivity index (χ3v) is 3.00. The highest BCUT2D eigenvalue weighted by atomic mass is 16.3. The lowest BCUT2D eigenvalue weighted by Gasteiger charge is -2.48. The van der Waals surface area contributed by atoms with Crippen LogP contribution in [-0.2, 0) is 4.79 Å². The summed E-state index contributed by atoms with van der Waals surface area (Å²) in [5, 5.41) is 12.6. The van der Waals surface area contributed by atoms with Gasteiger partial charge in [0.25, 0.3) is 0 Å². The zero-order chi connectivity index (χ0) is 11.5. The van der Waals surface area contributed by atoms with Gasteiger partial charge in [0.15, 0.2) is 0 Å². The molecule has 1 unspecified atom stereocenters. The quantitative estimate of drug-likeness (QED) is 0.637. The van der Waals surface area contributed by atoms with Crippen molar-refractivity contribution in [2.75, 3.05) is 19.6 Å². The first kappa shape index (κ1) is 12.2. The van der Waals surface area contributed by atoms with E-state index in [2.05, 4.69) is 11.9 Å². The van der Waals surface area contributed by atoms with Crippen molar-refractivity contribution < 1.29 is 9.90 Å². The van der Waals surface area contributed by atoms with Crippen molar-refractivity contribution in [2.45, 2.75) is 31.9 Å². The van der Waals surface area contributed by atoms with E-state index >= 15 is 0 Å². The second kappa shape index (κ2) is 4.77. The molecule has 0 spiro atoms. The van der Waals surface area contributed by atoms with Crippen LogP contribution in [0.1, 0.15) is 20.3 Å². The second-order valence-corrected chi connectivity index (χ2v) is 4.19. The van der Waals surface area contributed by atoms with E-state index in [1.165, 1.54) is 0 Å². The van der Waals surface area contributed by atoms with E-state index in [1.807, 2.05) is 18.7 Å². The van der Waals surface area contributed by atoms with E-state index < -0.39 is 5.60 Å². The van der Waals surface area contributed by atoms with Gasteiger partial charge < -0.3 is 10.4 Å². The third-order valence-electron chi connectivity index (χ3n) is 3.00. The largest absolute Gasteiger partial charge is 0.387 e. The molecule has 0 radical (unpaired) electrons. The molecule has 2 N–H and O–H groups in total. The lowest BCUT2D eigenvalue weighted by molar-refractivity contribution is -0.142. The number of carbonyl (C=O) groups is 1. The Kier molecular flexibility index (Phi) is 3.88. The maximum absolute atomic E-state index is 11.6. The van der Waals surface area contributed by atoms with Gasteiger partial charge in [0.05, 0.1) is 11.6 Å². The van der Waals surface area contributed by atoms with Gasteiger partial charge in [0.1, 0.15) is 0 Å². The first-order valence-corrected chi connectivity index (χ1v) is 5.37. The molecule has 0 bridgehead atoms. The maximum Gasteiger partial charge on any atom is 0.237 e. The molecule has 0 saturated carbocycles. The van der Waals surface area contributed by atoms with Gasteiger partial charge in [-0.2, -0.15) is 0 Å². The summed E-state index contributed by atoms with van der Waals surface area (Å²) < 4.78 is 0. The molecule has 1 saturated heterocycles. The molecular weight excluding hydrogens is 192 g/mol. The van der Waals surface area contributed by atoms with Gasteiger partial charge in [0.2, 0.25) is 5.91 Å². The van der Waals surface area contributed by atoms with Crippen LogP contribution in [-0.4, -0.2) is 47.2 Å². The second-order valence-electron chi connectivity index (χ2n) is 4.19. The fraction of sp³-hybridized carbons (Fsp3) is 0.727. The van der Waals surface area contributed by atoms with Crippen molar-refractivity contribution in [3.63, 3.8) is 0 Å². The van der Waals surface area contributed by atoms with Crippen molar-refractivity contribution >= 4 is 5.91 Å². The van der Waals surface area contributed by atoms with Gasteiger partial charge in [-0.1, -0.05) is 13.0 Å². The molecule has 1 aliphatic rings. The normalized spacial score (nSPS) is 21.5. The van der Waals surface area contributed by atoms with E-state index in [0.29, 0.717) is 19.6 Å². The Balaban J connectivity index is 2.34. The Morgan fingerprint density at radius 1 is 1.73 bits per heavy atom. The molecule has 1 fully saturated rings. The minimum absolute atomic E-state index is 0.00643. The first-order chi connectivity index (χ1) is 7.02. The van der Waals surface area contributed by atoms with Crippen LogP contribution in [0.5, 0.6) is 0 Å². The number of aliphatic hydroxyl groups is 1. The fourth-order valence-corrected chi connectivity index (χ4v) is 1.69. The third kappa shape index (κ3) is 2.79. The fourth-order valence-electron chi connectivity index (χ4n) is 1.69. The summed E-state index contributed by atoms with van der Waals surface area (Å²) in [5.74, 6) is -0.00643. The van der Waals surface area contributed by atoms with Crippen LogP contribution in [0, 0.1) is 0 Å². The number of rotatable bonds is 5. The van der Waals surface area contributed by atoms with E-state index in [-0.39, 0.29) is 11.9 Å². The summed E-state index contributed by atoms with van der Waals surface area (Å²) in [6, 6.07) is -0.170. The Bertz CT molecular complexity index is 247. The Hall–Kier alpha value is -0.870. The highest BCUT2D eigenvalue weighted by Gasteiger charge is 2.42. The van der Waals surface area contributed by atoms with E-state index in [0.717, 1.165) is 6.42 Å². The zero-order valence-corrected chi connectivity index (χ0v) is 9.49. The molecule has 0 aromatic rings. The van der Waals surface area contributed by atoms with Crippen LogP contribution in [0.3, 0.4) is 0 Å². The minimum atomic E-state index is -0.576. The molecule has 0 aliphatic carbocycles. The molecular formula is C11H20N2O2. The van der Waals surface area contributed by atoms with Crippen molar-refractivity contribution in [1.82, 2.24) is 10.2 Å². The smallest absolute Gasteiger partial charge is 0.237 e. The van der Waals surface area contributed by atoms with Crippen LogP contribution < -0.4 is 5.32 Å². The topological polar surface area (TPSA) is 52.6 Å². The van der Waals surface area contributed by atoms with Crippen molar-refractivity contribution in [2.24, 2.45) is 0 Å². The van der Waals surface area contributed by atoms with Gasteiger partial charge in [0, 0.05) is 19.6 Å². The Labute approximate surface area is 91.0 Å². The van der Waals surface area contributed by atoms with Gasteiger partial charge in [-0.3, -0.25) is 9.69 Å². The Morgan fingerprint density at radius 3 is 2.80 bits per heavy atom. The number of amides is 1. The van der Waals surface area contributed by atoms with Gasteiger partial charge in [-0.25, -0.2) is 0 Å². The number of hydrogen-bond acceptors (Lipinski definition) is 3. The summed E-state index contributed by atoms with van der Waals surface area (Å²) in [7, 11) is 0. The van der Waals surface area contributed by atoms with Crippen LogP contribution >= 0.6 is 0 Å². The average molecular weight is 212 g/mol. The molecule has 86 valence electrons. The number of likely N-dealkylation sites (tertiary alicyclic amines) is 1. The highest BCUT2D eigenvalue weighted by molar-refractivity contribution is 5.81. The Morgan fingerprint density at radius 2 is 2.33 bits per heavy atom. The summed E-state index contributed by atoms with van der Waals surface area (Å²) >= 11 is 0. The lowest BCUT2D eigenvalue weighted by atomic mass is 9.90. The maximum atomic E-state index is 11.6. The predicted octanol–water partition coefficient (Wildman–Crippen LogP) is 0.134. The number of β-amino-alcohol motifs (C(OH)–C–C–N with tert-alkyl or cyclic N) is 1. The van der Waals surface area contributed by atoms with Crippen LogP contribution in [0.25, 0.3) is 0 Å². The SMILES string of the molecule is C=CCNC(=O)C(C)N1CC(O)(CC)C1. The van der Waals surface area contributed by atoms with Crippen LogP contribution in [0.2, 0.25) is 0 Å². The molecule has 4 nitrogen and oxygen atoms in total. The lowest BCUT2D eigenvalue weighted by Crippen LogP contribution is -2.66. The molecule has 1 aliphatic heterocycles. The molecule has 1 atom stereocenters. The number of hydrogen-bond donors (Lipinski definition) is 2.